The van der Waals surface area contributed by atoms with E-state index in [1.807, 2.05) is 42.2 Å². The average Bonchev–Trinajstić information content (AvgIpc) is 2.65. The van der Waals surface area contributed by atoms with Crippen LogP contribution in [0.25, 0.3) is 0 Å². The van der Waals surface area contributed by atoms with Crippen molar-refractivity contribution in [3.63, 3.8) is 0 Å². The second-order valence-electron chi connectivity index (χ2n) is 7.01. The average molecular weight is 351 g/mol. The summed E-state index contributed by atoms with van der Waals surface area (Å²) < 4.78 is 0. The third-order valence-corrected chi connectivity index (χ3v) is 5.00. The van der Waals surface area contributed by atoms with E-state index in [4.69, 9.17) is 0 Å². The SMILES string of the molecule is CCN(C(=O)CN1CCN(Cc2cccc(C)c2)CC1)c1ccccc1. The molecule has 1 saturated heterocycles. The van der Waals surface area contributed by atoms with Gasteiger partial charge in [0.15, 0.2) is 0 Å². The Kier molecular flexibility index (Phi) is 6.42. The van der Waals surface area contributed by atoms with Gasteiger partial charge in [-0.2, -0.15) is 0 Å². The number of aryl methyl sites for hydroxylation is 1. The maximum atomic E-state index is 12.7. The Morgan fingerprint density at radius 3 is 2.31 bits per heavy atom. The van der Waals surface area contributed by atoms with E-state index in [0.717, 1.165) is 38.4 Å². The minimum absolute atomic E-state index is 0.186. The van der Waals surface area contributed by atoms with Crippen LogP contribution in [-0.4, -0.2) is 55.0 Å². The second-order valence-corrected chi connectivity index (χ2v) is 7.01. The van der Waals surface area contributed by atoms with Crippen molar-refractivity contribution in [2.75, 3.05) is 44.2 Å². The number of likely N-dealkylation sites (N-methyl/N-ethyl adjacent to an activating group) is 1. The fourth-order valence-corrected chi connectivity index (χ4v) is 3.56. The molecule has 1 aliphatic heterocycles. The van der Waals surface area contributed by atoms with Crippen molar-refractivity contribution in [2.45, 2.75) is 20.4 Å². The summed E-state index contributed by atoms with van der Waals surface area (Å²) in [5, 5.41) is 0. The number of hydrogen-bond donors (Lipinski definition) is 0. The van der Waals surface area contributed by atoms with E-state index in [1.165, 1.54) is 11.1 Å². The first-order valence-corrected chi connectivity index (χ1v) is 9.51. The molecule has 0 aromatic heterocycles. The fraction of sp³-hybridized carbons (Fsp3) is 0.409. The van der Waals surface area contributed by atoms with Gasteiger partial charge in [-0.25, -0.2) is 0 Å². The highest BCUT2D eigenvalue weighted by Gasteiger charge is 2.22. The lowest BCUT2D eigenvalue weighted by Crippen LogP contribution is -2.49. The number of rotatable bonds is 6. The number of nitrogens with zero attached hydrogens (tertiary/aromatic N) is 3. The number of para-hydroxylation sites is 1. The van der Waals surface area contributed by atoms with E-state index in [0.29, 0.717) is 13.1 Å². The fourth-order valence-electron chi connectivity index (χ4n) is 3.56. The highest BCUT2D eigenvalue weighted by molar-refractivity contribution is 5.94. The third kappa shape index (κ3) is 4.93. The summed E-state index contributed by atoms with van der Waals surface area (Å²) in [4.78, 5) is 19.4. The largest absolute Gasteiger partial charge is 0.312 e. The van der Waals surface area contributed by atoms with Gasteiger partial charge in [-0.3, -0.25) is 14.6 Å². The Balaban J connectivity index is 1.49. The molecule has 0 radical (unpaired) electrons. The molecule has 0 atom stereocenters. The molecule has 26 heavy (non-hydrogen) atoms. The van der Waals surface area contributed by atoms with Crippen molar-refractivity contribution in [1.82, 2.24) is 9.80 Å². The molecule has 0 spiro atoms. The van der Waals surface area contributed by atoms with Crippen LogP contribution in [0.15, 0.2) is 54.6 Å². The molecule has 2 aromatic carbocycles. The summed E-state index contributed by atoms with van der Waals surface area (Å²) in [6.07, 6.45) is 0. The third-order valence-electron chi connectivity index (χ3n) is 5.00. The van der Waals surface area contributed by atoms with Crippen LogP contribution >= 0.6 is 0 Å². The van der Waals surface area contributed by atoms with Crippen LogP contribution in [0, 0.1) is 6.92 Å². The van der Waals surface area contributed by atoms with Gasteiger partial charge >= 0.3 is 0 Å². The standard InChI is InChI=1S/C22H29N3O/c1-3-25(21-10-5-4-6-11-21)22(26)18-24-14-12-23(13-15-24)17-20-9-7-8-19(2)16-20/h4-11,16H,3,12-15,17-18H2,1-2H3. The van der Waals surface area contributed by atoms with E-state index in [2.05, 4.69) is 41.0 Å². The van der Waals surface area contributed by atoms with Gasteiger partial charge in [-0.05, 0) is 31.5 Å². The van der Waals surface area contributed by atoms with Crippen LogP contribution in [-0.2, 0) is 11.3 Å². The summed E-state index contributed by atoms with van der Waals surface area (Å²) in [6, 6.07) is 18.7. The van der Waals surface area contributed by atoms with Gasteiger partial charge in [-0.1, -0.05) is 48.0 Å². The van der Waals surface area contributed by atoms with Gasteiger partial charge in [0.1, 0.15) is 0 Å². The molecule has 0 unspecified atom stereocenters. The Morgan fingerprint density at radius 2 is 1.65 bits per heavy atom. The monoisotopic (exact) mass is 351 g/mol. The summed E-state index contributed by atoms with van der Waals surface area (Å²) in [6.45, 7) is 10.3. The van der Waals surface area contributed by atoms with E-state index in [-0.39, 0.29) is 5.91 Å². The first-order chi connectivity index (χ1) is 12.7. The molecule has 3 rings (SSSR count). The molecule has 0 N–H and O–H groups in total. The zero-order valence-corrected chi connectivity index (χ0v) is 15.9. The number of carbonyl (C=O) groups excluding carboxylic acids is 1. The zero-order valence-electron chi connectivity index (χ0n) is 15.9. The van der Waals surface area contributed by atoms with Crippen LogP contribution in [0.4, 0.5) is 5.69 Å². The Hall–Kier alpha value is -2.17. The van der Waals surface area contributed by atoms with Crippen LogP contribution in [0.2, 0.25) is 0 Å². The summed E-state index contributed by atoms with van der Waals surface area (Å²) in [7, 11) is 0. The molecular weight excluding hydrogens is 322 g/mol. The van der Waals surface area contributed by atoms with Crippen LogP contribution in [0.1, 0.15) is 18.1 Å². The van der Waals surface area contributed by atoms with Gasteiger partial charge in [0, 0.05) is 45.0 Å². The van der Waals surface area contributed by atoms with Crippen molar-refractivity contribution in [3.05, 3.63) is 65.7 Å². The molecule has 4 nitrogen and oxygen atoms in total. The van der Waals surface area contributed by atoms with Crippen molar-refractivity contribution in [1.29, 1.82) is 0 Å². The summed E-state index contributed by atoms with van der Waals surface area (Å²) >= 11 is 0. The number of amides is 1. The van der Waals surface area contributed by atoms with Crippen molar-refractivity contribution in [3.8, 4) is 0 Å². The zero-order chi connectivity index (χ0) is 18.4. The van der Waals surface area contributed by atoms with Crippen LogP contribution in [0.3, 0.4) is 0 Å². The normalized spacial score (nSPS) is 15.8. The topological polar surface area (TPSA) is 26.8 Å². The smallest absolute Gasteiger partial charge is 0.241 e. The van der Waals surface area contributed by atoms with E-state index >= 15 is 0 Å². The molecule has 0 saturated carbocycles. The van der Waals surface area contributed by atoms with Crippen LogP contribution in [0.5, 0.6) is 0 Å². The number of anilines is 1. The number of benzene rings is 2. The minimum Gasteiger partial charge on any atom is -0.312 e. The van der Waals surface area contributed by atoms with E-state index in [9.17, 15) is 4.79 Å². The number of hydrogen-bond acceptors (Lipinski definition) is 3. The molecule has 1 heterocycles. The van der Waals surface area contributed by atoms with Crippen molar-refractivity contribution < 1.29 is 4.79 Å². The lowest BCUT2D eigenvalue weighted by Gasteiger charge is -2.35. The number of piperazine rings is 1. The van der Waals surface area contributed by atoms with E-state index < -0.39 is 0 Å². The molecule has 2 aromatic rings. The van der Waals surface area contributed by atoms with Crippen molar-refractivity contribution >= 4 is 11.6 Å². The minimum atomic E-state index is 0.186. The van der Waals surface area contributed by atoms with Crippen molar-refractivity contribution in [2.24, 2.45) is 0 Å². The predicted molar refractivity (Wildman–Crippen MR) is 107 cm³/mol. The molecule has 0 aliphatic carbocycles. The lowest BCUT2D eigenvalue weighted by atomic mass is 10.1. The Bertz CT molecular complexity index is 708. The highest BCUT2D eigenvalue weighted by Crippen LogP contribution is 2.14. The molecule has 0 bridgehead atoms. The van der Waals surface area contributed by atoms with Gasteiger partial charge in [0.2, 0.25) is 5.91 Å². The molecule has 1 amide bonds. The molecule has 1 aliphatic rings. The molecular formula is C22H29N3O. The second kappa shape index (κ2) is 8.97. The Labute approximate surface area is 157 Å². The van der Waals surface area contributed by atoms with Gasteiger partial charge < -0.3 is 4.90 Å². The lowest BCUT2D eigenvalue weighted by molar-refractivity contribution is -0.120. The predicted octanol–water partition coefficient (Wildman–Crippen LogP) is 3.17. The first-order valence-electron chi connectivity index (χ1n) is 9.51. The van der Waals surface area contributed by atoms with Gasteiger partial charge in [0.25, 0.3) is 0 Å². The maximum Gasteiger partial charge on any atom is 0.241 e. The van der Waals surface area contributed by atoms with E-state index in [1.54, 1.807) is 0 Å². The van der Waals surface area contributed by atoms with Gasteiger partial charge in [0.05, 0.1) is 6.54 Å². The van der Waals surface area contributed by atoms with Gasteiger partial charge in [-0.15, -0.1) is 0 Å². The van der Waals surface area contributed by atoms with Crippen LogP contribution < -0.4 is 4.90 Å². The molecule has 138 valence electrons. The molecule has 1 fully saturated rings. The highest BCUT2D eigenvalue weighted by atomic mass is 16.2. The number of carbonyl (C=O) groups is 1. The maximum absolute atomic E-state index is 12.7. The summed E-state index contributed by atoms with van der Waals surface area (Å²) in [5.41, 5.74) is 3.67. The summed E-state index contributed by atoms with van der Waals surface area (Å²) in [5.74, 6) is 0.186. The molecule has 4 heteroatoms. The Morgan fingerprint density at radius 1 is 0.962 bits per heavy atom. The quantitative estimate of drug-likeness (QED) is 0.800. The first kappa shape index (κ1) is 18.6.